The van der Waals surface area contributed by atoms with E-state index < -0.39 is 26.5 Å². The topological polar surface area (TPSA) is 96.2 Å². The lowest BCUT2D eigenvalue weighted by Gasteiger charge is -2.41. The molecule has 222 valence electrons. The van der Waals surface area contributed by atoms with E-state index in [0.29, 0.717) is 18.7 Å². The summed E-state index contributed by atoms with van der Waals surface area (Å²) >= 11 is 0. The molecule has 8 nitrogen and oxygen atoms in total. The van der Waals surface area contributed by atoms with Crippen LogP contribution in [0, 0.1) is 5.92 Å². The molecule has 1 aromatic heterocycles. The van der Waals surface area contributed by atoms with Crippen molar-refractivity contribution in [3.8, 4) is 5.69 Å². The van der Waals surface area contributed by atoms with Crippen LogP contribution in [-0.2, 0) is 18.7 Å². The van der Waals surface area contributed by atoms with E-state index in [4.69, 9.17) is 8.85 Å². The predicted octanol–water partition coefficient (Wildman–Crippen LogP) is 7.04. The molecule has 0 N–H and O–H groups in total. The van der Waals surface area contributed by atoms with Crippen LogP contribution < -0.4 is 0 Å². The van der Waals surface area contributed by atoms with Gasteiger partial charge in [-0.1, -0.05) is 84.6 Å². The van der Waals surface area contributed by atoms with Crippen LogP contribution in [0.3, 0.4) is 0 Å². The molecule has 0 amide bonds. The number of hydrogen-bond donors (Lipinski definition) is 0. The number of rotatable bonds is 14. The van der Waals surface area contributed by atoms with E-state index >= 15 is 0 Å². The lowest BCUT2D eigenvalue weighted by Crippen LogP contribution is -2.47. The molecule has 0 saturated heterocycles. The van der Waals surface area contributed by atoms with Crippen molar-refractivity contribution in [3.05, 3.63) is 30.3 Å². The van der Waals surface area contributed by atoms with E-state index in [1.807, 2.05) is 18.2 Å². The number of tetrazole rings is 1. The molecule has 2 rings (SSSR count). The van der Waals surface area contributed by atoms with E-state index in [1.54, 1.807) is 12.1 Å². The molecule has 0 fully saturated rings. The van der Waals surface area contributed by atoms with Crippen molar-refractivity contribution < 1.29 is 17.3 Å². The molecule has 0 radical (unpaired) electrons. The summed E-state index contributed by atoms with van der Waals surface area (Å²) in [6.07, 6.45) is 3.40. The van der Waals surface area contributed by atoms with Gasteiger partial charge < -0.3 is 8.85 Å². The number of hydrogen-bond acceptors (Lipinski definition) is 7. The van der Waals surface area contributed by atoms with Crippen LogP contribution >= 0.6 is 0 Å². The van der Waals surface area contributed by atoms with Gasteiger partial charge in [-0.25, -0.2) is 8.42 Å². The Balaban J connectivity index is 1.98. The van der Waals surface area contributed by atoms with Gasteiger partial charge >= 0.3 is 0 Å². The summed E-state index contributed by atoms with van der Waals surface area (Å²) in [5, 5.41) is 11.5. The third kappa shape index (κ3) is 9.58. The second-order valence-corrected chi connectivity index (χ2v) is 25.5. The molecule has 2 aromatic rings. The number of aromatic nitrogens is 4. The molecule has 1 heterocycles. The molecule has 0 aliphatic carbocycles. The summed E-state index contributed by atoms with van der Waals surface area (Å²) in [4.78, 5) is 0. The first kappa shape index (κ1) is 33.8. The fraction of sp³-hybridized carbons (Fsp3) is 0.750. The second kappa shape index (κ2) is 13.1. The van der Waals surface area contributed by atoms with Crippen LogP contribution in [0.1, 0.15) is 74.1 Å². The molecule has 0 bridgehead atoms. The third-order valence-electron chi connectivity index (χ3n) is 8.53. The van der Waals surface area contributed by atoms with Crippen LogP contribution in [0.15, 0.2) is 35.5 Å². The maximum atomic E-state index is 13.1. The van der Waals surface area contributed by atoms with E-state index in [9.17, 15) is 8.42 Å². The van der Waals surface area contributed by atoms with Crippen molar-refractivity contribution in [2.45, 2.75) is 122 Å². The highest BCUT2D eigenvalue weighted by Crippen LogP contribution is 2.39. The highest BCUT2D eigenvalue weighted by atomic mass is 32.2. The third-order valence-corrected chi connectivity index (χ3v) is 19.1. The predicted molar refractivity (Wildman–Crippen MR) is 164 cm³/mol. The summed E-state index contributed by atoms with van der Waals surface area (Å²) in [6.45, 7) is 25.5. The van der Waals surface area contributed by atoms with Gasteiger partial charge in [-0.2, -0.15) is 4.68 Å². The summed E-state index contributed by atoms with van der Waals surface area (Å²) in [5.74, 6) is 0.260. The first-order valence-corrected chi connectivity index (χ1v) is 21.6. The first-order chi connectivity index (χ1) is 17.8. The van der Waals surface area contributed by atoms with Gasteiger partial charge in [0.1, 0.15) is 0 Å². The van der Waals surface area contributed by atoms with E-state index in [1.165, 1.54) is 4.68 Å². The van der Waals surface area contributed by atoms with Gasteiger partial charge in [-0.3, -0.25) is 0 Å². The average Bonchev–Trinajstić information content (AvgIpc) is 3.31. The standard InChI is InChI=1S/C28H52N4O4SSi2/c1-23(20-21-37(33,34)26-29-30-31-32(26)24-17-13-12-14-18-24)16-15-19-25(36-39(10,11)28(5,6)7)22-35-38(8,9)27(2,3)4/h12-14,17-18,23,25H,15-16,19-22H2,1-11H3/t23-,25-/m1/s1. The van der Waals surface area contributed by atoms with Crippen molar-refractivity contribution in [2.75, 3.05) is 12.4 Å². The minimum absolute atomic E-state index is 0.0136. The van der Waals surface area contributed by atoms with Crippen molar-refractivity contribution in [3.63, 3.8) is 0 Å². The Hall–Kier alpha value is -1.41. The Labute approximate surface area is 239 Å². The molecule has 39 heavy (non-hydrogen) atoms. The maximum Gasteiger partial charge on any atom is 0.272 e. The zero-order chi connectivity index (χ0) is 29.7. The normalized spacial score (nSPS) is 15.4. The molecule has 2 atom stereocenters. The first-order valence-electron chi connectivity index (χ1n) is 14.2. The zero-order valence-electron chi connectivity index (χ0n) is 26.1. The Morgan fingerprint density at radius 2 is 1.49 bits per heavy atom. The van der Waals surface area contributed by atoms with Gasteiger partial charge in [0.05, 0.1) is 24.2 Å². The number of sulfone groups is 1. The van der Waals surface area contributed by atoms with Crippen molar-refractivity contribution >= 4 is 26.5 Å². The Morgan fingerprint density at radius 3 is 2.05 bits per heavy atom. The van der Waals surface area contributed by atoms with Gasteiger partial charge in [0, 0.05) is 0 Å². The molecule has 0 unspecified atom stereocenters. The van der Waals surface area contributed by atoms with Gasteiger partial charge in [-0.05, 0) is 77.6 Å². The van der Waals surface area contributed by atoms with E-state index in [-0.39, 0.29) is 33.0 Å². The van der Waals surface area contributed by atoms with Gasteiger partial charge in [-0.15, -0.1) is 0 Å². The molecule has 1 aromatic carbocycles. The Bertz CT molecular complexity index is 1140. The van der Waals surface area contributed by atoms with E-state index in [0.717, 1.165) is 19.3 Å². The largest absolute Gasteiger partial charge is 0.414 e. The van der Waals surface area contributed by atoms with E-state index in [2.05, 4.69) is 90.2 Å². The number of nitrogens with zero attached hydrogens (tertiary/aromatic N) is 4. The molecule has 0 spiro atoms. The lowest BCUT2D eigenvalue weighted by molar-refractivity contribution is 0.0972. The minimum atomic E-state index is -3.62. The highest BCUT2D eigenvalue weighted by molar-refractivity contribution is 7.91. The second-order valence-electron chi connectivity index (χ2n) is 13.9. The van der Waals surface area contributed by atoms with Crippen LogP contribution in [0.2, 0.25) is 36.3 Å². The summed E-state index contributed by atoms with van der Waals surface area (Å²) in [7, 11) is -7.46. The molecular formula is C28H52N4O4SSi2. The molecular weight excluding hydrogens is 545 g/mol. The van der Waals surface area contributed by atoms with Crippen molar-refractivity contribution in [1.82, 2.24) is 20.2 Å². The zero-order valence-corrected chi connectivity index (χ0v) is 28.9. The van der Waals surface area contributed by atoms with Gasteiger partial charge in [0.25, 0.3) is 5.16 Å². The van der Waals surface area contributed by atoms with Crippen molar-refractivity contribution in [2.24, 2.45) is 5.92 Å². The van der Waals surface area contributed by atoms with Crippen LogP contribution in [0.5, 0.6) is 0 Å². The summed E-state index contributed by atoms with van der Waals surface area (Å²) in [5.41, 5.74) is 0.627. The average molecular weight is 597 g/mol. The molecule has 0 saturated carbocycles. The Kier molecular flexibility index (Phi) is 11.3. The SMILES string of the molecule is C[C@H](CCC[C@H](CO[Si](C)(C)C(C)(C)C)O[Si](C)(C)C(C)(C)C)CCS(=O)(=O)c1nnnn1-c1ccccc1. The fourth-order valence-electron chi connectivity index (χ4n) is 3.68. The molecule has 0 aliphatic heterocycles. The smallest absolute Gasteiger partial charge is 0.272 e. The van der Waals surface area contributed by atoms with Crippen LogP contribution in [0.25, 0.3) is 5.69 Å². The summed E-state index contributed by atoms with van der Waals surface area (Å²) in [6, 6.07) is 9.10. The molecule has 0 aliphatic rings. The van der Waals surface area contributed by atoms with Crippen LogP contribution in [-0.4, -0.2) is 63.7 Å². The number of para-hydroxylation sites is 1. The van der Waals surface area contributed by atoms with Crippen molar-refractivity contribution in [1.29, 1.82) is 0 Å². The maximum absolute atomic E-state index is 13.1. The monoisotopic (exact) mass is 596 g/mol. The number of benzene rings is 1. The van der Waals surface area contributed by atoms with Gasteiger partial charge in [0.2, 0.25) is 9.84 Å². The van der Waals surface area contributed by atoms with Crippen LogP contribution in [0.4, 0.5) is 0 Å². The summed E-state index contributed by atoms with van der Waals surface area (Å²) < 4.78 is 40.9. The quantitative estimate of drug-likeness (QED) is 0.216. The Morgan fingerprint density at radius 1 is 0.897 bits per heavy atom. The molecule has 11 heteroatoms. The lowest BCUT2D eigenvalue weighted by atomic mass is 10.0. The fourth-order valence-corrected chi connectivity index (χ4v) is 7.55. The highest BCUT2D eigenvalue weighted by Gasteiger charge is 2.41. The van der Waals surface area contributed by atoms with Gasteiger partial charge in [0.15, 0.2) is 16.6 Å². The minimum Gasteiger partial charge on any atom is -0.414 e.